The molecule has 0 aliphatic heterocycles. The summed E-state index contributed by atoms with van der Waals surface area (Å²) in [6.07, 6.45) is 6.75. The van der Waals surface area contributed by atoms with Crippen LogP contribution in [0.2, 0.25) is 0 Å². The molecule has 1 aliphatic carbocycles. The van der Waals surface area contributed by atoms with Crippen molar-refractivity contribution < 1.29 is 4.74 Å². The first kappa shape index (κ1) is 9.01. The zero-order valence-corrected chi connectivity index (χ0v) is 7.38. The van der Waals surface area contributed by atoms with E-state index in [9.17, 15) is 0 Å². The summed E-state index contributed by atoms with van der Waals surface area (Å²) in [5.74, 6) is 0.889. The van der Waals surface area contributed by atoms with E-state index in [2.05, 4.69) is 0 Å². The van der Waals surface area contributed by atoms with Crippen molar-refractivity contribution in [1.82, 2.24) is 0 Å². The lowest BCUT2D eigenvalue weighted by atomic mass is 9.99. The van der Waals surface area contributed by atoms with Crippen LogP contribution in [0.5, 0.6) is 0 Å². The van der Waals surface area contributed by atoms with Crippen molar-refractivity contribution in [1.29, 1.82) is 0 Å². The van der Waals surface area contributed by atoms with E-state index in [1.54, 1.807) is 7.11 Å². The molecule has 1 rings (SSSR count). The van der Waals surface area contributed by atoms with Gasteiger partial charge in [-0.05, 0) is 12.3 Å². The van der Waals surface area contributed by atoms with E-state index in [0.717, 1.165) is 18.9 Å². The second-order valence-corrected chi connectivity index (χ2v) is 3.60. The highest BCUT2D eigenvalue weighted by Crippen LogP contribution is 2.28. The lowest BCUT2D eigenvalue weighted by Gasteiger charge is -2.14. The summed E-state index contributed by atoms with van der Waals surface area (Å²) in [6.45, 7) is 0.719. The summed E-state index contributed by atoms with van der Waals surface area (Å²) in [5.41, 5.74) is 5.84. The Bertz CT molecular complexity index is 99.7. The fourth-order valence-electron chi connectivity index (χ4n) is 1.96. The Morgan fingerprint density at radius 1 is 1.45 bits per heavy atom. The molecule has 1 atom stereocenters. The molecule has 1 unspecified atom stereocenters. The third-order valence-electron chi connectivity index (χ3n) is 2.49. The number of rotatable bonds is 4. The molecule has 0 aromatic heterocycles. The molecular formula is C9H19NO. The third-order valence-corrected chi connectivity index (χ3v) is 2.49. The monoisotopic (exact) mass is 157 g/mol. The lowest BCUT2D eigenvalue weighted by Crippen LogP contribution is -2.27. The minimum atomic E-state index is 0.267. The molecule has 0 aromatic carbocycles. The molecule has 1 saturated carbocycles. The van der Waals surface area contributed by atoms with Crippen molar-refractivity contribution in [3.8, 4) is 0 Å². The number of methoxy groups -OCH3 is 1. The van der Waals surface area contributed by atoms with Crippen LogP contribution in [0, 0.1) is 5.92 Å². The maximum Gasteiger partial charge on any atom is 0.0613 e. The second kappa shape index (κ2) is 4.73. The molecule has 0 saturated heterocycles. The van der Waals surface area contributed by atoms with Crippen LogP contribution in [0.4, 0.5) is 0 Å². The summed E-state index contributed by atoms with van der Waals surface area (Å²) in [4.78, 5) is 0. The van der Waals surface area contributed by atoms with E-state index < -0.39 is 0 Å². The molecule has 0 bridgehead atoms. The van der Waals surface area contributed by atoms with Crippen molar-refractivity contribution >= 4 is 0 Å². The Kier molecular flexibility index (Phi) is 3.87. The highest BCUT2D eigenvalue weighted by molar-refractivity contribution is 4.72. The molecule has 0 amide bonds. The van der Waals surface area contributed by atoms with Crippen molar-refractivity contribution in [2.45, 2.75) is 38.1 Å². The quantitative estimate of drug-likeness (QED) is 0.672. The van der Waals surface area contributed by atoms with Crippen LogP contribution in [-0.4, -0.2) is 19.8 Å². The Hall–Kier alpha value is -0.0800. The first-order valence-electron chi connectivity index (χ1n) is 4.57. The number of ether oxygens (including phenoxy) is 1. The fraction of sp³-hybridized carbons (Fsp3) is 1.00. The van der Waals surface area contributed by atoms with E-state index in [1.807, 2.05) is 0 Å². The Balaban J connectivity index is 2.08. The zero-order valence-electron chi connectivity index (χ0n) is 7.38. The summed E-state index contributed by atoms with van der Waals surface area (Å²) in [6, 6.07) is 0.267. The minimum absolute atomic E-state index is 0.267. The highest BCUT2D eigenvalue weighted by atomic mass is 16.5. The van der Waals surface area contributed by atoms with E-state index in [0.29, 0.717) is 0 Å². The molecule has 0 radical (unpaired) electrons. The standard InChI is InChI=1S/C9H19NO/c1-11-7-9(10)6-8-4-2-3-5-8/h8-9H,2-7,10H2,1H3. The van der Waals surface area contributed by atoms with Gasteiger partial charge < -0.3 is 10.5 Å². The van der Waals surface area contributed by atoms with E-state index >= 15 is 0 Å². The van der Waals surface area contributed by atoms with Gasteiger partial charge in [0.25, 0.3) is 0 Å². The molecule has 66 valence electrons. The molecular weight excluding hydrogens is 138 g/mol. The summed E-state index contributed by atoms with van der Waals surface area (Å²) >= 11 is 0. The molecule has 11 heavy (non-hydrogen) atoms. The predicted molar refractivity (Wildman–Crippen MR) is 46.4 cm³/mol. The van der Waals surface area contributed by atoms with Gasteiger partial charge in [0.15, 0.2) is 0 Å². The van der Waals surface area contributed by atoms with Gasteiger partial charge in [-0.1, -0.05) is 25.7 Å². The van der Waals surface area contributed by atoms with Gasteiger partial charge >= 0.3 is 0 Å². The number of hydrogen-bond acceptors (Lipinski definition) is 2. The topological polar surface area (TPSA) is 35.2 Å². The molecule has 1 fully saturated rings. The fourth-order valence-corrected chi connectivity index (χ4v) is 1.96. The first-order valence-corrected chi connectivity index (χ1v) is 4.57. The van der Waals surface area contributed by atoms with Gasteiger partial charge in [0.2, 0.25) is 0 Å². The normalized spacial score (nSPS) is 22.4. The zero-order chi connectivity index (χ0) is 8.10. The van der Waals surface area contributed by atoms with E-state index in [1.165, 1.54) is 25.7 Å². The average Bonchev–Trinajstić information content (AvgIpc) is 2.40. The van der Waals surface area contributed by atoms with E-state index in [-0.39, 0.29) is 6.04 Å². The molecule has 2 nitrogen and oxygen atoms in total. The molecule has 2 heteroatoms. The van der Waals surface area contributed by atoms with Crippen LogP contribution in [0.3, 0.4) is 0 Å². The Morgan fingerprint density at radius 3 is 2.64 bits per heavy atom. The van der Waals surface area contributed by atoms with Crippen LogP contribution in [0.15, 0.2) is 0 Å². The summed E-state index contributed by atoms with van der Waals surface area (Å²) < 4.78 is 4.99. The van der Waals surface area contributed by atoms with Gasteiger partial charge in [-0.3, -0.25) is 0 Å². The maximum atomic E-state index is 5.84. The SMILES string of the molecule is COCC(N)CC1CCCC1. The largest absolute Gasteiger partial charge is 0.383 e. The van der Waals surface area contributed by atoms with Crippen molar-refractivity contribution in [3.63, 3.8) is 0 Å². The van der Waals surface area contributed by atoms with E-state index in [4.69, 9.17) is 10.5 Å². The maximum absolute atomic E-state index is 5.84. The summed E-state index contributed by atoms with van der Waals surface area (Å²) in [7, 11) is 1.72. The van der Waals surface area contributed by atoms with Gasteiger partial charge in [-0.2, -0.15) is 0 Å². The average molecular weight is 157 g/mol. The first-order chi connectivity index (χ1) is 5.33. The molecule has 1 aliphatic rings. The Labute approximate surface area is 69.1 Å². The van der Waals surface area contributed by atoms with Crippen LogP contribution in [-0.2, 0) is 4.74 Å². The third kappa shape index (κ3) is 3.21. The van der Waals surface area contributed by atoms with Gasteiger partial charge in [0.05, 0.1) is 6.61 Å². The van der Waals surface area contributed by atoms with Crippen molar-refractivity contribution in [2.24, 2.45) is 11.7 Å². The second-order valence-electron chi connectivity index (χ2n) is 3.60. The molecule has 0 heterocycles. The smallest absolute Gasteiger partial charge is 0.0613 e. The van der Waals surface area contributed by atoms with Crippen molar-refractivity contribution in [3.05, 3.63) is 0 Å². The number of hydrogen-bond donors (Lipinski definition) is 1. The van der Waals surface area contributed by atoms with Gasteiger partial charge in [-0.25, -0.2) is 0 Å². The van der Waals surface area contributed by atoms with Crippen LogP contribution in [0.25, 0.3) is 0 Å². The molecule has 2 N–H and O–H groups in total. The van der Waals surface area contributed by atoms with Crippen LogP contribution in [0.1, 0.15) is 32.1 Å². The highest BCUT2D eigenvalue weighted by Gasteiger charge is 2.17. The van der Waals surface area contributed by atoms with Gasteiger partial charge in [0.1, 0.15) is 0 Å². The molecule has 0 spiro atoms. The minimum Gasteiger partial charge on any atom is -0.383 e. The Morgan fingerprint density at radius 2 is 2.09 bits per heavy atom. The van der Waals surface area contributed by atoms with Crippen molar-refractivity contribution in [2.75, 3.05) is 13.7 Å². The predicted octanol–water partition coefficient (Wildman–Crippen LogP) is 1.54. The molecule has 0 aromatic rings. The number of nitrogens with two attached hydrogens (primary N) is 1. The van der Waals surface area contributed by atoms with Gasteiger partial charge in [-0.15, -0.1) is 0 Å². The van der Waals surface area contributed by atoms with Crippen LogP contribution < -0.4 is 5.73 Å². The van der Waals surface area contributed by atoms with Crippen LogP contribution >= 0.6 is 0 Å². The lowest BCUT2D eigenvalue weighted by molar-refractivity contribution is 0.169. The van der Waals surface area contributed by atoms with Gasteiger partial charge in [0, 0.05) is 13.2 Å². The summed E-state index contributed by atoms with van der Waals surface area (Å²) in [5, 5.41) is 0.